The van der Waals surface area contributed by atoms with Gasteiger partial charge in [0.2, 0.25) is 5.91 Å². The zero-order valence-electron chi connectivity index (χ0n) is 15.9. The number of alkyl halides is 3. The zero-order valence-corrected chi connectivity index (χ0v) is 16.7. The second-order valence-corrected chi connectivity index (χ2v) is 7.78. The van der Waals surface area contributed by atoms with E-state index in [9.17, 15) is 27.2 Å². The van der Waals surface area contributed by atoms with Crippen LogP contribution in [0.3, 0.4) is 0 Å². The molecule has 1 aromatic heterocycles. The zero-order chi connectivity index (χ0) is 22.3. The molecule has 4 rings (SSSR count). The van der Waals surface area contributed by atoms with E-state index < -0.39 is 42.0 Å². The first-order chi connectivity index (χ1) is 14.6. The Bertz CT molecular complexity index is 1010. The molecular formula is C20H16ClF4N3O3. The van der Waals surface area contributed by atoms with Crippen molar-refractivity contribution in [2.75, 3.05) is 24.7 Å². The number of hydrogen-bond acceptors (Lipinski definition) is 4. The van der Waals surface area contributed by atoms with Gasteiger partial charge in [-0.2, -0.15) is 13.2 Å². The summed E-state index contributed by atoms with van der Waals surface area (Å²) in [6.07, 6.45) is -3.30. The fraction of sp³-hybridized carbons (Fsp3) is 0.350. The van der Waals surface area contributed by atoms with Crippen molar-refractivity contribution >= 4 is 29.2 Å². The summed E-state index contributed by atoms with van der Waals surface area (Å²) in [5.41, 5.74) is -0.375. The Hall–Kier alpha value is -2.72. The van der Waals surface area contributed by atoms with E-state index in [4.69, 9.17) is 16.3 Å². The average Bonchev–Trinajstić information content (AvgIpc) is 2.66. The number of halogens is 5. The molecule has 0 unspecified atom stereocenters. The molecule has 31 heavy (non-hydrogen) atoms. The minimum atomic E-state index is -4.47. The van der Waals surface area contributed by atoms with E-state index in [0.717, 1.165) is 23.1 Å². The second kappa shape index (κ2) is 8.08. The summed E-state index contributed by atoms with van der Waals surface area (Å²) in [5, 5.41) is 0.0462. The number of piperazine rings is 1. The third-order valence-corrected chi connectivity index (χ3v) is 5.46. The Morgan fingerprint density at radius 3 is 2.39 bits per heavy atom. The topological polar surface area (TPSA) is 62.7 Å². The molecule has 2 aliphatic heterocycles. The van der Waals surface area contributed by atoms with E-state index >= 15 is 0 Å². The first-order valence-corrected chi connectivity index (χ1v) is 9.68. The molecule has 2 saturated heterocycles. The number of ether oxygens (including phenoxy) is 1. The lowest BCUT2D eigenvalue weighted by Gasteiger charge is -2.45. The van der Waals surface area contributed by atoms with Gasteiger partial charge in [0, 0.05) is 18.7 Å². The van der Waals surface area contributed by atoms with Crippen LogP contribution in [0.1, 0.15) is 11.1 Å². The third-order valence-electron chi connectivity index (χ3n) is 5.26. The number of pyridine rings is 1. The lowest BCUT2D eigenvalue weighted by molar-refractivity contribution is -0.155. The summed E-state index contributed by atoms with van der Waals surface area (Å²) >= 11 is 5.72. The largest absolute Gasteiger partial charge is 0.416 e. The summed E-state index contributed by atoms with van der Waals surface area (Å²) in [6, 6.07) is 4.42. The Kier molecular flexibility index (Phi) is 5.61. The predicted octanol–water partition coefficient (Wildman–Crippen LogP) is 3.28. The highest BCUT2D eigenvalue weighted by molar-refractivity contribution is 6.30. The van der Waals surface area contributed by atoms with Crippen LogP contribution in [-0.2, 0) is 27.0 Å². The van der Waals surface area contributed by atoms with Crippen molar-refractivity contribution in [3.05, 3.63) is 58.5 Å². The third kappa shape index (κ3) is 4.22. The molecule has 3 heterocycles. The molecule has 0 N–H and O–H groups in total. The molecule has 2 aliphatic rings. The van der Waals surface area contributed by atoms with Crippen LogP contribution >= 0.6 is 11.6 Å². The van der Waals surface area contributed by atoms with E-state index in [0.29, 0.717) is 5.56 Å². The lowest BCUT2D eigenvalue weighted by atomic mass is 9.92. The van der Waals surface area contributed by atoms with Gasteiger partial charge in [0.25, 0.3) is 5.91 Å². The van der Waals surface area contributed by atoms with Gasteiger partial charge in [-0.1, -0.05) is 23.7 Å². The monoisotopic (exact) mass is 457 g/mol. The van der Waals surface area contributed by atoms with Gasteiger partial charge < -0.3 is 9.64 Å². The number of nitrogens with zero attached hydrogens (tertiary/aromatic N) is 3. The van der Waals surface area contributed by atoms with Crippen molar-refractivity contribution in [1.29, 1.82) is 0 Å². The fourth-order valence-electron chi connectivity index (χ4n) is 3.61. The first kappa shape index (κ1) is 21.5. The molecular weight excluding hydrogens is 442 g/mol. The van der Waals surface area contributed by atoms with Crippen molar-refractivity contribution < 1.29 is 31.9 Å². The van der Waals surface area contributed by atoms with E-state index in [1.807, 2.05) is 0 Å². The molecule has 0 bridgehead atoms. The van der Waals surface area contributed by atoms with Crippen molar-refractivity contribution in [2.45, 2.75) is 18.8 Å². The van der Waals surface area contributed by atoms with Crippen LogP contribution in [-0.4, -0.2) is 47.5 Å². The number of anilines is 1. The van der Waals surface area contributed by atoms with E-state index in [1.165, 1.54) is 23.2 Å². The maximum atomic E-state index is 14.4. The molecule has 1 aromatic carbocycles. The van der Waals surface area contributed by atoms with Crippen molar-refractivity contribution in [1.82, 2.24) is 9.88 Å². The van der Waals surface area contributed by atoms with Crippen LogP contribution in [0.5, 0.6) is 0 Å². The molecule has 1 atom stereocenters. The number of aromatic nitrogens is 1. The van der Waals surface area contributed by atoms with E-state index in [2.05, 4.69) is 4.98 Å². The van der Waals surface area contributed by atoms with Crippen LogP contribution < -0.4 is 4.90 Å². The second-order valence-electron chi connectivity index (χ2n) is 7.34. The van der Waals surface area contributed by atoms with E-state index in [-0.39, 0.29) is 36.5 Å². The molecule has 0 spiro atoms. The quantitative estimate of drug-likeness (QED) is 0.661. The van der Waals surface area contributed by atoms with Crippen LogP contribution in [0, 0.1) is 11.7 Å². The highest BCUT2D eigenvalue weighted by Gasteiger charge is 2.47. The molecule has 2 aromatic rings. The number of hydrogen-bond donors (Lipinski definition) is 0. The first-order valence-electron chi connectivity index (χ1n) is 9.31. The van der Waals surface area contributed by atoms with Gasteiger partial charge in [-0.15, -0.1) is 0 Å². The van der Waals surface area contributed by atoms with Gasteiger partial charge in [-0.3, -0.25) is 14.5 Å². The van der Waals surface area contributed by atoms with Crippen molar-refractivity contribution in [3.8, 4) is 0 Å². The van der Waals surface area contributed by atoms with Crippen LogP contribution in [0.2, 0.25) is 5.02 Å². The maximum absolute atomic E-state index is 14.4. The number of carbonyl (C=O) groups excluding carboxylic acids is 2. The highest BCUT2D eigenvalue weighted by atomic mass is 35.5. The summed E-state index contributed by atoms with van der Waals surface area (Å²) < 4.78 is 57.9. The van der Waals surface area contributed by atoms with E-state index in [1.54, 1.807) is 0 Å². The molecule has 2 amide bonds. The molecule has 0 aliphatic carbocycles. The Morgan fingerprint density at radius 2 is 1.84 bits per heavy atom. The highest BCUT2D eigenvalue weighted by Crippen LogP contribution is 2.32. The van der Waals surface area contributed by atoms with Gasteiger partial charge in [-0.25, -0.2) is 9.37 Å². The minimum absolute atomic E-state index is 0.0462. The molecule has 164 valence electrons. The maximum Gasteiger partial charge on any atom is 0.416 e. The standard InChI is InChI=1S/C20H16ClF4N3O3/c21-14-5-15(22)18(26-6-14)28-8-16(29)27(17(19(28)30)12-9-31-10-12)7-11-1-3-13(4-2-11)20(23,24)25/h1-6,12,17H,7-10H2/t17-/m0/s1. The number of rotatable bonds is 4. The predicted molar refractivity (Wildman–Crippen MR) is 102 cm³/mol. The lowest BCUT2D eigenvalue weighted by Crippen LogP contribution is -2.65. The summed E-state index contributed by atoms with van der Waals surface area (Å²) in [4.78, 5) is 32.3. The smallest absolute Gasteiger partial charge is 0.380 e. The molecule has 11 heteroatoms. The van der Waals surface area contributed by atoms with Gasteiger partial charge in [-0.05, 0) is 23.8 Å². The Labute approximate surface area is 179 Å². The normalized spacial score (nSPS) is 20.2. The van der Waals surface area contributed by atoms with Crippen LogP contribution in [0.15, 0.2) is 36.5 Å². The number of benzene rings is 1. The molecule has 0 radical (unpaired) electrons. The van der Waals surface area contributed by atoms with Crippen molar-refractivity contribution in [3.63, 3.8) is 0 Å². The molecule has 2 fully saturated rings. The van der Waals surface area contributed by atoms with Gasteiger partial charge in [0.05, 0.1) is 23.8 Å². The molecule has 0 saturated carbocycles. The Balaban J connectivity index is 1.61. The van der Waals surface area contributed by atoms with Gasteiger partial charge in [0.1, 0.15) is 12.6 Å². The van der Waals surface area contributed by atoms with Gasteiger partial charge >= 0.3 is 6.18 Å². The summed E-state index contributed by atoms with van der Waals surface area (Å²) in [5.74, 6) is -2.47. The average molecular weight is 458 g/mol. The van der Waals surface area contributed by atoms with Crippen molar-refractivity contribution in [2.24, 2.45) is 5.92 Å². The minimum Gasteiger partial charge on any atom is -0.380 e. The number of carbonyl (C=O) groups is 2. The van der Waals surface area contributed by atoms with Crippen LogP contribution in [0.25, 0.3) is 0 Å². The summed E-state index contributed by atoms with van der Waals surface area (Å²) in [6.45, 7) is -0.0432. The fourth-order valence-corrected chi connectivity index (χ4v) is 3.76. The molecule has 6 nitrogen and oxygen atoms in total. The Morgan fingerprint density at radius 1 is 1.16 bits per heavy atom. The number of amides is 2. The SMILES string of the molecule is O=C1[C@H](C2COC2)N(Cc2ccc(C(F)(F)F)cc2)C(=O)CN1c1ncc(Cl)cc1F. The van der Waals surface area contributed by atoms with Gasteiger partial charge in [0.15, 0.2) is 11.6 Å². The summed E-state index contributed by atoms with van der Waals surface area (Å²) in [7, 11) is 0. The van der Waals surface area contributed by atoms with Crippen LogP contribution in [0.4, 0.5) is 23.4 Å².